The molecule has 1 heterocycles. The number of fused-ring (bicyclic) bond motifs is 1. The lowest BCUT2D eigenvalue weighted by atomic mass is 9.80. The average Bonchev–Trinajstić information content (AvgIpc) is 2.78. The van der Waals surface area contributed by atoms with E-state index >= 15 is 0 Å². The van der Waals surface area contributed by atoms with Crippen LogP contribution in [0.4, 0.5) is 0 Å². The first-order valence-corrected chi connectivity index (χ1v) is 11.9. The number of amides is 1. The number of ether oxygens (including phenoxy) is 2. The Labute approximate surface area is 216 Å². The van der Waals surface area contributed by atoms with Gasteiger partial charge in [0.15, 0.2) is 17.5 Å². The van der Waals surface area contributed by atoms with E-state index < -0.39 is 0 Å². The minimum absolute atomic E-state index is 0. The average molecular weight is 573 g/mol. The van der Waals surface area contributed by atoms with Gasteiger partial charge in [0.2, 0.25) is 5.91 Å². The van der Waals surface area contributed by atoms with Crippen molar-refractivity contribution in [2.75, 3.05) is 34.4 Å². The fourth-order valence-corrected chi connectivity index (χ4v) is 5.15. The van der Waals surface area contributed by atoms with Crippen LogP contribution in [0.15, 0.2) is 17.1 Å². The molecule has 2 unspecified atom stereocenters. The molecule has 0 saturated heterocycles. The quantitative estimate of drug-likeness (QED) is 0.224. The Hall–Kier alpha value is -1.71. The van der Waals surface area contributed by atoms with Crippen LogP contribution in [0.3, 0.4) is 0 Å². The van der Waals surface area contributed by atoms with Crippen LogP contribution in [-0.4, -0.2) is 57.2 Å². The standard InChI is InChI=1S/C25H40N4O3.HI/c1-17-11-18(2)13-21(12-17)28-25(26-3)27-9-6-7-24(30)29-10-8-19-14-22(31-4)23(32-5)15-20(19)16-29;/h14-15,17-18,21H,6-13,16H2,1-5H3,(H2,26,27,28);1H. The highest BCUT2D eigenvalue weighted by Gasteiger charge is 2.25. The molecule has 2 atom stereocenters. The molecule has 0 radical (unpaired) electrons. The summed E-state index contributed by atoms with van der Waals surface area (Å²) in [6.45, 7) is 6.77. The maximum absolute atomic E-state index is 12.8. The van der Waals surface area contributed by atoms with Gasteiger partial charge in [0.05, 0.1) is 14.2 Å². The molecule has 7 nitrogen and oxygen atoms in total. The first-order chi connectivity index (χ1) is 15.4. The van der Waals surface area contributed by atoms with E-state index in [0.717, 1.165) is 55.0 Å². The molecular formula is C25H41IN4O3. The van der Waals surface area contributed by atoms with Crippen molar-refractivity contribution in [1.82, 2.24) is 15.5 Å². The Balaban J connectivity index is 0.00000385. The zero-order valence-corrected chi connectivity index (χ0v) is 23.1. The maximum Gasteiger partial charge on any atom is 0.222 e. The summed E-state index contributed by atoms with van der Waals surface area (Å²) in [7, 11) is 5.10. The predicted molar refractivity (Wildman–Crippen MR) is 144 cm³/mol. The Bertz CT molecular complexity index is 807. The van der Waals surface area contributed by atoms with E-state index in [9.17, 15) is 4.79 Å². The van der Waals surface area contributed by atoms with Gasteiger partial charge in [-0.1, -0.05) is 13.8 Å². The minimum Gasteiger partial charge on any atom is -0.493 e. The van der Waals surface area contributed by atoms with Gasteiger partial charge < -0.3 is 25.0 Å². The number of halogens is 1. The van der Waals surface area contributed by atoms with Crippen LogP contribution in [0.2, 0.25) is 0 Å². The number of nitrogens with zero attached hydrogens (tertiary/aromatic N) is 2. The van der Waals surface area contributed by atoms with Gasteiger partial charge in [-0.25, -0.2) is 0 Å². The zero-order valence-electron chi connectivity index (χ0n) is 20.8. The number of guanidine groups is 1. The van der Waals surface area contributed by atoms with Crippen molar-refractivity contribution < 1.29 is 14.3 Å². The van der Waals surface area contributed by atoms with Crippen LogP contribution in [0.1, 0.15) is 57.1 Å². The van der Waals surface area contributed by atoms with Crippen molar-refractivity contribution in [3.05, 3.63) is 23.3 Å². The molecule has 33 heavy (non-hydrogen) atoms. The highest BCUT2D eigenvalue weighted by Crippen LogP contribution is 2.33. The lowest BCUT2D eigenvalue weighted by molar-refractivity contribution is -0.132. The first kappa shape index (κ1) is 27.5. The molecular weight excluding hydrogens is 531 g/mol. The number of carbonyl (C=O) groups excluding carboxylic acids is 1. The van der Waals surface area contributed by atoms with Gasteiger partial charge in [-0.2, -0.15) is 0 Å². The Morgan fingerprint density at radius 2 is 1.73 bits per heavy atom. The van der Waals surface area contributed by atoms with Gasteiger partial charge in [0.25, 0.3) is 0 Å². The Morgan fingerprint density at radius 1 is 1.09 bits per heavy atom. The molecule has 2 aliphatic rings. The monoisotopic (exact) mass is 572 g/mol. The van der Waals surface area contributed by atoms with Gasteiger partial charge in [0, 0.05) is 39.1 Å². The zero-order chi connectivity index (χ0) is 23.1. The van der Waals surface area contributed by atoms with Crippen molar-refractivity contribution >= 4 is 35.8 Å². The largest absolute Gasteiger partial charge is 0.493 e. The van der Waals surface area contributed by atoms with Crippen LogP contribution in [0.25, 0.3) is 0 Å². The third kappa shape index (κ3) is 7.65. The molecule has 1 aromatic carbocycles. The molecule has 1 aromatic rings. The maximum atomic E-state index is 12.8. The van der Waals surface area contributed by atoms with Gasteiger partial charge in [0.1, 0.15) is 0 Å². The molecule has 0 aromatic heterocycles. The van der Waals surface area contributed by atoms with E-state index in [1.54, 1.807) is 14.2 Å². The summed E-state index contributed by atoms with van der Waals surface area (Å²) in [4.78, 5) is 19.1. The molecule has 0 bridgehead atoms. The molecule has 1 aliphatic heterocycles. The number of hydrogen-bond acceptors (Lipinski definition) is 4. The second kappa shape index (κ2) is 13.2. The van der Waals surface area contributed by atoms with Gasteiger partial charge in [-0.05, 0) is 67.2 Å². The van der Waals surface area contributed by atoms with Gasteiger partial charge in [-0.3, -0.25) is 9.79 Å². The van der Waals surface area contributed by atoms with Gasteiger partial charge in [-0.15, -0.1) is 24.0 Å². The van der Waals surface area contributed by atoms with Crippen LogP contribution in [-0.2, 0) is 17.8 Å². The number of methoxy groups -OCH3 is 2. The second-order valence-electron chi connectivity index (χ2n) is 9.40. The number of benzene rings is 1. The number of nitrogens with one attached hydrogen (secondary N) is 2. The van der Waals surface area contributed by atoms with Crippen molar-refractivity contribution in [3.8, 4) is 11.5 Å². The van der Waals surface area contributed by atoms with E-state index in [2.05, 4.69) is 29.5 Å². The molecule has 1 aliphatic carbocycles. The van der Waals surface area contributed by atoms with E-state index in [1.165, 1.54) is 24.8 Å². The lowest BCUT2D eigenvalue weighted by Gasteiger charge is -2.33. The minimum atomic E-state index is 0. The second-order valence-corrected chi connectivity index (χ2v) is 9.40. The van der Waals surface area contributed by atoms with Crippen molar-refractivity contribution in [2.45, 2.75) is 65.0 Å². The van der Waals surface area contributed by atoms with Crippen molar-refractivity contribution in [2.24, 2.45) is 16.8 Å². The SMILES string of the molecule is CN=C(NCCCC(=O)N1CCc2cc(OC)c(OC)cc2C1)NC1CC(C)CC(C)C1.I. The topological polar surface area (TPSA) is 75.2 Å². The fourth-order valence-electron chi connectivity index (χ4n) is 5.15. The molecule has 1 amide bonds. The number of aliphatic imine (C=N–C) groups is 1. The smallest absolute Gasteiger partial charge is 0.222 e. The summed E-state index contributed by atoms with van der Waals surface area (Å²) in [6, 6.07) is 4.51. The summed E-state index contributed by atoms with van der Waals surface area (Å²) in [5, 5.41) is 6.96. The number of hydrogen-bond donors (Lipinski definition) is 2. The number of carbonyl (C=O) groups is 1. The fraction of sp³-hybridized carbons (Fsp3) is 0.680. The Morgan fingerprint density at radius 3 is 2.33 bits per heavy atom. The summed E-state index contributed by atoms with van der Waals surface area (Å²) in [5.74, 6) is 4.01. The molecule has 0 spiro atoms. The first-order valence-electron chi connectivity index (χ1n) is 11.9. The highest BCUT2D eigenvalue weighted by atomic mass is 127. The third-order valence-corrected chi connectivity index (χ3v) is 6.67. The Kier molecular flexibility index (Phi) is 11.1. The summed E-state index contributed by atoms with van der Waals surface area (Å²) in [6.07, 6.45) is 5.85. The molecule has 1 saturated carbocycles. The molecule has 8 heteroatoms. The molecule has 3 rings (SSSR count). The van der Waals surface area contributed by atoms with E-state index in [4.69, 9.17) is 9.47 Å². The van der Waals surface area contributed by atoms with Crippen LogP contribution in [0, 0.1) is 11.8 Å². The van der Waals surface area contributed by atoms with Crippen LogP contribution >= 0.6 is 24.0 Å². The predicted octanol–water partition coefficient (Wildman–Crippen LogP) is 3.98. The van der Waals surface area contributed by atoms with Crippen LogP contribution in [0.5, 0.6) is 11.5 Å². The van der Waals surface area contributed by atoms with Crippen molar-refractivity contribution in [1.29, 1.82) is 0 Å². The van der Waals surface area contributed by atoms with E-state index in [0.29, 0.717) is 24.8 Å². The van der Waals surface area contributed by atoms with Crippen LogP contribution < -0.4 is 20.1 Å². The van der Waals surface area contributed by atoms with E-state index in [1.807, 2.05) is 24.1 Å². The number of rotatable bonds is 7. The lowest BCUT2D eigenvalue weighted by Crippen LogP contribution is -2.46. The molecule has 2 N–H and O–H groups in total. The molecule has 1 fully saturated rings. The highest BCUT2D eigenvalue weighted by molar-refractivity contribution is 14.0. The summed E-state index contributed by atoms with van der Waals surface area (Å²) in [5.41, 5.74) is 2.37. The normalized spacial score (nSPS) is 22.6. The van der Waals surface area contributed by atoms with Crippen molar-refractivity contribution in [3.63, 3.8) is 0 Å². The summed E-state index contributed by atoms with van der Waals surface area (Å²) < 4.78 is 10.8. The third-order valence-electron chi connectivity index (χ3n) is 6.67. The summed E-state index contributed by atoms with van der Waals surface area (Å²) >= 11 is 0. The van der Waals surface area contributed by atoms with Gasteiger partial charge >= 0.3 is 0 Å². The van der Waals surface area contributed by atoms with E-state index in [-0.39, 0.29) is 29.9 Å². The molecule has 186 valence electrons.